The molecule has 4 aromatic rings. The molecule has 9 nitrogen and oxygen atoms in total. The van der Waals surface area contributed by atoms with E-state index in [2.05, 4.69) is 26.3 Å². The Morgan fingerprint density at radius 1 is 0.914 bits per heavy atom. The van der Waals surface area contributed by atoms with Crippen LogP contribution < -0.4 is 15.6 Å². The molecule has 0 saturated carbocycles. The lowest BCUT2D eigenvalue weighted by molar-refractivity contribution is -0.121. The highest BCUT2D eigenvalue weighted by molar-refractivity contribution is 5.95. The molecule has 1 aromatic heterocycles. The van der Waals surface area contributed by atoms with Gasteiger partial charge >= 0.3 is 0 Å². The number of aromatic nitrogens is 4. The van der Waals surface area contributed by atoms with Crippen LogP contribution in [0, 0.1) is 0 Å². The zero-order valence-electron chi connectivity index (χ0n) is 19.3. The Morgan fingerprint density at radius 2 is 1.66 bits per heavy atom. The highest BCUT2D eigenvalue weighted by Crippen LogP contribution is 2.19. The number of hydrogen-bond acceptors (Lipinski definition) is 6. The quantitative estimate of drug-likeness (QED) is 0.364. The van der Waals surface area contributed by atoms with Crippen LogP contribution in [-0.2, 0) is 17.8 Å². The molecule has 2 N–H and O–H groups in total. The van der Waals surface area contributed by atoms with Crippen LogP contribution >= 0.6 is 0 Å². The Hall–Kier alpha value is -4.53. The van der Waals surface area contributed by atoms with Crippen molar-refractivity contribution in [1.29, 1.82) is 0 Å². The molecule has 0 atom stereocenters. The molecule has 1 heterocycles. The summed E-state index contributed by atoms with van der Waals surface area (Å²) >= 11 is 0. The summed E-state index contributed by atoms with van der Waals surface area (Å²) in [6.45, 7) is 2.89. The maximum atomic E-state index is 12.4. The topological polar surface area (TPSA) is 111 Å². The van der Waals surface area contributed by atoms with Crippen molar-refractivity contribution in [2.75, 3.05) is 6.61 Å². The number of aryl methyl sites for hydroxylation is 1. The summed E-state index contributed by atoms with van der Waals surface area (Å²) in [6, 6.07) is 24.2. The van der Waals surface area contributed by atoms with Crippen molar-refractivity contribution in [3.05, 3.63) is 95.6 Å². The molecule has 0 unspecified atom stereocenters. The van der Waals surface area contributed by atoms with E-state index in [9.17, 15) is 9.59 Å². The van der Waals surface area contributed by atoms with Gasteiger partial charge < -0.3 is 4.74 Å². The van der Waals surface area contributed by atoms with Crippen molar-refractivity contribution in [1.82, 2.24) is 31.1 Å². The number of carbonyl (C=O) groups excluding carboxylic acids is 2. The van der Waals surface area contributed by atoms with Gasteiger partial charge in [-0.25, -0.2) is 0 Å². The predicted molar refractivity (Wildman–Crippen MR) is 130 cm³/mol. The van der Waals surface area contributed by atoms with Gasteiger partial charge in [0.05, 0.1) is 13.2 Å². The molecule has 0 saturated heterocycles. The number of tetrazole rings is 1. The van der Waals surface area contributed by atoms with Gasteiger partial charge in [-0.3, -0.25) is 20.4 Å². The molecule has 0 aliphatic carbocycles. The van der Waals surface area contributed by atoms with Gasteiger partial charge in [0, 0.05) is 17.5 Å². The van der Waals surface area contributed by atoms with E-state index >= 15 is 0 Å². The van der Waals surface area contributed by atoms with E-state index in [4.69, 9.17) is 4.74 Å². The molecule has 0 bridgehead atoms. The number of rotatable bonds is 9. The summed E-state index contributed by atoms with van der Waals surface area (Å²) in [5.74, 6) is 0.639. The van der Waals surface area contributed by atoms with Crippen LogP contribution in [0.1, 0.15) is 34.8 Å². The van der Waals surface area contributed by atoms with E-state index in [1.807, 2.05) is 73.7 Å². The third kappa shape index (κ3) is 6.50. The van der Waals surface area contributed by atoms with E-state index in [1.54, 1.807) is 12.1 Å². The fraction of sp³-hybridized carbons (Fsp3) is 0.192. The van der Waals surface area contributed by atoms with Crippen molar-refractivity contribution in [3.63, 3.8) is 0 Å². The molecule has 178 valence electrons. The minimum Gasteiger partial charge on any atom is -0.494 e. The highest BCUT2D eigenvalue weighted by Gasteiger charge is 2.10. The predicted octanol–water partition coefficient (Wildman–Crippen LogP) is 3.18. The zero-order chi connectivity index (χ0) is 24.5. The van der Waals surface area contributed by atoms with E-state index in [-0.39, 0.29) is 12.3 Å². The van der Waals surface area contributed by atoms with E-state index in [1.165, 1.54) is 4.80 Å². The van der Waals surface area contributed by atoms with Crippen LogP contribution in [0.4, 0.5) is 0 Å². The first-order valence-electron chi connectivity index (χ1n) is 11.3. The largest absolute Gasteiger partial charge is 0.494 e. The van der Waals surface area contributed by atoms with Gasteiger partial charge in [0.1, 0.15) is 5.75 Å². The molecule has 0 spiro atoms. The van der Waals surface area contributed by atoms with Crippen molar-refractivity contribution in [2.24, 2.45) is 0 Å². The smallest absolute Gasteiger partial charge is 0.269 e. The Bertz CT molecular complexity index is 1270. The van der Waals surface area contributed by atoms with E-state index in [0.717, 1.165) is 22.4 Å². The lowest BCUT2D eigenvalue weighted by atomic mass is 10.1. The summed E-state index contributed by atoms with van der Waals surface area (Å²) in [5.41, 5.74) is 8.10. The summed E-state index contributed by atoms with van der Waals surface area (Å²) in [6.07, 6.45) is 0.730. The molecule has 4 rings (SSSR count). The molecule has 3 aromatic carbocycles. The molecule has 2 amide bonds. The van der Waals surface area contributed by atoms with Crippen LogP contribution in [-0.4, -0.2) is 38.6 Å². The van der Waals surface area contributed by atoms with Gasteiger partial charge in [0.15, 0.2) is 0 Å². The average molecular weight is 471 g/mol. The number of amides is 2. The number of ether oxygens (including phenoxy) is 1. The lowest BCUT2D eigenvalue weighted by Crippen LogP contribution is -2.41. The van der Waals surface area contributed by atoms with Crippen molar-refractivity contribution in [2.45, 2.75) is 26.3 Å². The second-order valence-corrected chi connectivity index (χ2v) is 7.75. The Balaban J connectivity index is 1.25. The highest BCUT2D eigenvalue weighted by atomic mass is 16.5. The fourth-order valence-electron chi connectivity index (χ4n) is 3.45. The average Bonchev–Trinajstić information content (AvgIpc) is 3.36. The Kier molecular flexibility index (Phi) is 7.80. The standard InChI is InChI=1S/C26H26N6O3/c1-2-35-23-11-7-6-8-20(23)16-17-24(33)27-29-26(34)22-14-12-19(13-15-22)18-32-30-25(28-31-32)21-9-4-3-5-10-21/h3-15H,2,16-18H2,1H3,(H,27,33)(H,29,34). The molecule has 0 aliphatic rings. The number of hydrazine groups is 1. The number of para-hydroxylation sites is 1. The molecule has 0 aliphatic heterocycles. The SMILES string of the molecule is CCOc1ccccc1CCC(=O)NNC(=O)c1ccc(Cn2nnc(-c3ccccc3)n2)cc1. The molecular formula is C26H26N6O3. The Labute approximate surface area is 203 Å². The fourth-order valence-corrected chi connectivity index (χ4v) is 3.45. The van der Waals surface area contributed by atoms with Gasteiger partial charge in [-0.15, -0.1) is 10.2 Å². The molecular weight excluding hydrogens is 444 g/mol. The monoisotopic (exact) mass is 470 g/mol. The third-order valence-corrected chi connectivity index (χ3v) is 5.23. The maximum Gasteiger partial charge on any atom is 0.269 e. The summed E-state index contributed by atoms with van der Waals surface area (Å²) in [5, 5.41) is 12.6. The van der Waals surface area contributed by atoms with Gasteiger partial charge in [-0.2, -0.15) is 4.80 Å². The third-order valence-electron chi connectivity index (χ3n) is 5.23. The minimum absolute atomic E-state index is 0.221. The number of carbonyl (C=O) groups is 2. The van der Waals surface area contributed by atoms with Gasteiger partial charge in [0.25, 0.3) is 5.91 Å². The number of nitrogens with zero attached hydrogens (tertiary/aromatic N) is 4. The van der Waals surface area contributed by atoms with Crippen LogP contribution in [0.25, 0.3) is 11.4 Å². The first kappa shape index (κ1) is 23.6. The summed E-state index contributed by atoms with van der Waals surface area (Å²) < 4.78 is 5.58. The van der Waals surface area contributed by atoms with Gasteiger partial charge in [-0.1, -0.05) is 60.7 Å². The summed E-state index contributed by atoms with van der Waals surface area (Å²) in [4.78, 5) is 26.1. The zero-order valence-corrected chi connectivity index (χ0v) is 19.3. The van der Waals surface area contributed by atoms with Crippen LogP contribution in [0.2, 0.25) is 0 Å². The summed E-state index contributed by atoms with van der Waals surface area (Å²) in [7, 11) is 0. The first-order chi connectivity index (χ1) is 17.1. The van der Waals surface area contributed by atoms with Crippen molar-refractivity contribution in [3.8, 4) is 17.1 Å². The molecule has 9 heteroatoms. The van der Waals surface area contributed by atoms with Gasteiger partial charge in [-0.05, 0) is 47.9 Å². The van der Waals surface area contributed by atoms with Crippen LogP contribution in [0.3, 0.4) is 0 Å². The second-order valence-electron chi connectivity index (χ2n) is 7.75. The van der Waals surface area contributed by atoms with E-state index in [0.29, 0.717) is 31.0 Å². The van der Waals surface area contributed by atoms with Crippen LogP contribution in [0.5, 0.6) is 5.75 Å². The lowest BCUT2D eigenvalue weighted by Gasteiger charge is -2.11. The maximum absolute atomic E-state index is 12.4. The van der Waals surface area contributed by atoms with E-state index < -0.39 is 5.91 Å². The van der Waals surface area contributed by atoms with Crippen molar-refractivity contribution >= 4 is 11.8 Å². The Morgan fingerprint density at radius 3 is 2.43 bits per heavy atom. The number of hydrogen-bond donors (Lipinski definition) is 2. The number of nitrogens with one attached hydrogen (secondary N) is 2. The van der Waals surface area contributed by atoms with Crippen molar-refractivity contribution < 1.29 is 14.3 Å². The second kappa shape index (κ2) is 11.6. The first-order valence-corrected chi connectivity index (χ1v) is 11.3. The van der Waals surface area contributed by atoms with Crippen LogP contribution in [0.15, 0.2) is 78.9 Å². The molecule has 0 fully saturated rings. The number of benzene rings is 3. The normalized spacial score (nSPS) is 10.5. The van der Waals surface area contributed by atoms with Gasteiger partial charge in [0.2, 0.25) is 11.7 Å². The minimum atomic E-state index is -0.398. The molecule has 0 radical (unpaired) electrons. The molecule has 35 heavy (non-hydrogen) atoms.